The van der Waals surface area contributed by atoms with Gasteiger partial charge in [-0.05, 0) is 44.5 Å². The highest BCUT2D eigenvalue weighted by molar-refractivity contribution is 5.97. The molecule has 1 atom stereocenters. The molecule has 21 heavy (non-hydrogen) atoms. The normalized spacial score (nSPS) is 13.5. The maximum Gasteiger partial charge on any atom is 0.256 e. The molecule has 0 aliphatic heterocycles. The van der Waals surface area contributed by atoms with E-state index in [2.05, 4.69) is 5.32 Å². The summed E-state index contributed by atoms with van der Waals surface area (Å²) < 4.78 is 16.0. The first-order valence-corrected chi connectivity index (χ1v) is 7.23. The van der Waals surface area contributed by atoms with Crippen LogP contribution in [0.25, 0.3) is 0 Å². The molecule has 5 nitrogen and oxygen atoms in total. The number of carbonyl (C=O) groups excluding carboxylic acids is 1. The molecule has 0 heterocycles. The van der Waals surface area contributed by atoms with Gasteiger partial charge in [0.2, 0.25) is 0 Å². The van der Waals surface area contributed by atoms with E-state index in [1.165, 1.54) is 0 Å². The van der Waals surface area contributed by atoms with Crippen LogP contribution in [0.4, 0.5) is 5.69 Å². The molecule has 0 bridgehead atoms. The standard InChI is InChI=1S/C16H25NO4/c1-5-16(3,19-4)15(18)17-13-7-9-14(10-8-13)21-12-11-20-6-2/h7-10H,5-6,11-12H2,1-4H3,(H,17,18). The van der Waals surface area contributed by atoms with Gasteiger partial charge in [-0.25, -0.2) is 0 Å². The van der Waals surface area contributed by atoms with Gasteiger partial charge < -0.3 is 19.5 Å². The number of ether oxygens (including phenoxy) is 3. The van der Waals surface area contributed by atoms with Gasteiger partial charge in [0.15, 0.2) is 0 Å². The van der Waals surface area contributed by atoms with Gasteiger partial charge >= 0.3 is 0 Å². The Kier molecular flexibility index (Phi) is 7.19. The van der Waals surface area contributed by atoms with Crippen molar-refractivity contribution >= 4 is 11.6 Å². The molecule has 0 aliphatic rings. The first kappa shape index (κ1) is 17.5. The molecule has 0 saturated carbocycles. The lowest BCUT2D eigenvalue weighted by Gasteiger charge is -2.25. The lowest BCUT2D eigenvalue weighted by molar-refractivity contribution is -0.136. The molecule has 0 spiro atoms. The maximum absolute atomic E-state index is 12.1. The van der Waals surface area contributed by atoms with Crippen LogP contribution in [0.1, 0.15) is 27.2 Å². The molecular weight excluding hydrogens is 270 g/mol. The van der Waals surface area contributed by atoms with Crippen molar-refractivity contribution in [3.63, 3.8) is 0 Å². The number of anilines is 1. The summed E-state index contributed by atoms with van der Waals surface area (Å²) >= 11 is 0. The summed E-state index contributed by atoms with van der Waals surface area (Å²) in [4.78, 5) is 12.1. The van der Waals surface area contributed by atoms with Crippen molar-refractivity contribution in [2.75, 3.05) is 32.2 Å². The van der Waals surface area contributed by atoms with Crippen LogP contribution in [0.2, 0.25) is 0 Å². The zero-order valence-corrected chi connectivity index (χ0v) is 13.3. The van der Waals surface area contributed by atoms with Crippen LogP contribution in [-0.4, -0.2) is 38.4 Å². The molecule has 0 aromatic heterocycles. The van der Waals surface area contributed by atoms with Crippen molar-refractivity contribution in [3.8, 4) is 5.75 Å². The molecule has 1 aromatic rings. The quantitative estimate of drug-likeness (QED) is 0.712. The van der Waals surface area contributed by atoms with Gasteiger partial charge in [-0.1, -0.05) is 6.92 Å². The topological polar surface area (TPSA) is 56.8 Å². The van der Waals surface area contributed by atoms with E-state index in [1.54, 1.807) is 26.2 Å². The second-order valence-corrected chi connectivity index (χ2v) is 4.81. The average molecular weight is 295 g/mol. The van der Waals surface area contributed by atoms with E-state index in [-0.39, 0.29) is 5.91 Å². The Hall–Kier alpha value is -1.59. The smallest absolute Gasteiger partial charge is 0.256 e. The van der Waals surface area contributed by atoms with Crippen LogP contribution in [0.15, 0.2) is 24.3 Å². The van der Waals surface area contributed by atoms with Crippen LogP contribution < -0.4 is 10.1 Å². The summed E-state index contributed by atoms with van der Waals surface area (Å²) in [5.41, 5.74) is -0.0963. The van der Waals surface area contributed by atoms with Gasteiger partial charge in [0.05, 0.1) is 6.61 Å². The molecule has 1 unspecified atom stereocenters. The third-order valence-electron chi connectivity index (χ3n) is 3.42. The van der Waals surface area contributed by atoms with Crippen LogP contribution >= 0.6 is 0 Å². The molecule has 0 fully saturated rings. The summed E-state index contributed by atoms with van der Waals surface area (Å²) in [6.45, 7) is 7.40. The number of methoxy groups -OCH3 is 1. The monoisotopic (exact) mass is 295 g/mol. The lowest BCUT2D eigenvalue weighted by Crippen LogP contribution is -2.41. The number of hydrogen-bond donors (Lipinski definition) is 1. The van der Waals surface area contributed by atoms with E-state index in [1.807, 2.05) is 26.0 Å². The number of nitrogens with one attached hydrogen (secondary N) is 1. The minimum absolute atomic E-state index is 0.155. The number of benzene rings is 1. The van der Waals surface area contributed by atoms with E-state index >= 15 is 0 Å². The molecule has 1 N–H and O–H groups in total. The SMILES string of the molecule is CCOCCOc1ccc(NC(=O)C(C)(CC)OC)cc1. The van der Waals surface area contributed by atoms with Crippen molar-refractivity contribution in [2.45, 2.75) is 32.8 Å². The summed E-state index contributed by atoms with van der Waals surface area (Å²) in [6.07, 6.45) is 0.605. The van der Waals surface area contributed by atoms with Crippen molar-refractivity contribution < 1.29 is 19.0 Å². The third kappa shape index (κ3) is 5.36. The summed E-state index contributed by atoms with van der Waals surface area (Å²) in [6, 6.07) is 7.24. The zero-order chi connectivity index (χ0) is 15.7. The Morgan fingerprint density at radius 3 is 2.38 bits per heavy atom. The number of hydrogen-bond acceptors (Lipinski definition) is 4. The second kappa shape index (κ2) is 8.64. The molecule has 1 aromatic carbocycles. The zero-order valence-electron chi connectivity index (χ0n) is 13.3. The molecule has 0 radical (unpaired) electrons. The predicted octanol–water partition coefficient (Wildman–Crippen LogP) is 2.86. The first-order valence-electron chi connectivity index (χ1n) is 7.23. The molecule has 1 amide bonds. The Morgan fingerprint density at radius 1 is 1.19 bits per heavy atom. The molecule has 1 rings (SSSR count). The predicted molar refractivity (Wildman–Crippen MR) is 82.8 cm³/mol. The Morgan fingerprint density at radius 2 is 1.86 bits per heavy atom. The minimum Gasteiger partial charge on any atom is -0.491 e. The van der Waals surface area contributed by atoms with E-state index in [9.17, 15) is 4.79 Å². The highest BCUT2D eigenvalue weighted by atomic mass is 16.5. The Balaban J connectivity index is 2.52. The molecular formula is C16H25NO4. The van der Waals surface area contributed by atoms with Gasteiger partial charge in [-0.3, -0.25) is 4.79 Å². The number of carbonyl (C=O) groups is 1. The van der Waals surface area contributed by atoms with Gasteiger partial charge in [0.1, 0.15) is 18.0 Å². The molecule has 5 heteroatoms. The van der Waals surface area contributed by atoms with Gasteiger partial charge in [-0.15, -0.1) is 0 Å². The second-order valence-electron chi connectivity index (χ2n) is 4.81. The highest BCUT2D eigenvalue weighted by Crippen LogP contribution is 2.20. The van der Waals surface area contributed by atoms with Crippen molar-refractivity contribution in [2.24, 2.45) is 0 Å². The lowest BCUT2D eigenvalue weighted by atomic mass is 10.0. The Labute approximate surface area is 126 Å². The molecule has 0 saturated heterocycles. The number of amides is 1. The first-order chi connectivity index (χ1) is 10.1. The van der Waals surface area contributed by atoms with Crippen molar-refractivity contribution in [1.29, 1.82) is 0 Å². The van der Waals surface area contributed by atoms with Crippen LogP contribution in [-0.2, 0) is 14.3 Å². The van der Waals surface area contributed by atoms with E-state index < -0.39 is 5.60 Å². The molecule has 0 aliphatic carbocycles. The van der Waals surface area contributed by atoms with Crippen LogP contribution in [0.5, 0.6) is 5.75 Å². The fraction of sp³-hybridized carbons (Fsp3) is 0.562. The van der Waals surface area contributed by atoms with Gasteiger partial charge in [0, 0.05) is 19.4 Å². The third-order valence-corrected chi connectivity index (χ3v) is 3.42. The number of rotatable bonds is 9. The van der Waals surface area contributed by atoms with E-state index in [0.717, 1.165) is 5.75 Å². The Bertz CT molecular complexity index is 426. The maximum atomic E-state index is 12.1. The average Bonchev–Trinajstić information content (AvgIpc) is 2.52. The largest absolute Gasteiger partial charge is 0.491 e. The van der Waals surface area contributed by atoms with Crippen LogP contribution in [0, 0.1) is 0 Å². The summed E-state index contributed by atoms with van der Waals surface area (Å²) in [5.74, 6) is 0.593. The van der Waals surface area contributed by atoms with Crippen LogP contribution in [0.3, 0.4) is 0 Å². The van der Waals surface area contributed by atoms with Gasteiger partial charge in [-0.2, -0.15) is 0 Å². The summed E-state index contributed by atoms with van der Waals surface area (Å²) in [7, 11) is 1.54. The fourth-order valence-electron chi connectivity index (χ4n) is 1.66. The van der Waals surface area contributed by atoms with E-state index in [4.69, 9.17) is 14.2 Å². The van der Waals surface area contributed by atoms with E-state index in [0.29, 0.717) is 31.9 Å². The van der Waals surface area contributed by atoms with Crippen molar-refractivity contribution in [1.82, 2.24) is 0 Å². The molecule has 118 valence electrons. The van der Waals surface area contributed by atoms with Crippen molar-refractivity contribution in [3.05, 3.63) is 24.3 Å². The fourth-order valence-corrected chi connectivity index (χ4v) is 1.66. The minimum atomic E-state index is -0.813. The van der Waals surface area contributed by atoms with Gasteiger partial charge in [0.25, 0.3) is 5.91 Å². The summed E-state index contributed by atoms with van der Waals surface area (Å²) in [5, 5.41) is 2.84. The highest BCUT2D eigenvalue weighted by Gasteiger charge is 2.30.